The van der Waals surface area contributed by atoms with Gasteiger partial charge in [0.05, 0.1) is 16.3 Å². The minimum absolute atomic E-state index is 0.0390. The van der Waals surface area contributed by atoms with E-state index in [2.05, 4.69) is 20.7 Å². The topological polar surface area (TPSA) is 55.4 Å². The second-order valence-corrected chi connectivity index (χ2v) is 7.44. The van der Waals surface area contributed by atoms with Gasteiger partial charge in [0.15, 0.2) is 0 Å². The van der Waals surface area contributed by atoms with Crippen LogP contribution in [0.4, 0.5) is 0 Å². The average Bonchev–Trinajstić information content (AvgIpc) is 2.26. The maximum absolute atomic E-state index is 12.0. The molecule has 0 heterocycles. The molecule has 0 aliphatic heterocycles. The third kappa shape index (κ3) is 5.03. The molecule has 0 aliphatic rings. The van der Waals surface area contributed by atoms with Crippen LogP contribution in [0.2, 0.25) is 10.0 Å². The lowest BCUT2D eigenvalue weighted by Crippen LogP contribution is -2.31. The number of sulfonamides is 1. The molecule has 1 aromatic rings. The highest BCUT2D eigenvalue weighted by atomic mass is 79.9. The zero-order chi connectivity index (χ0) is 13.8. The molecular formula is C10H12BrCl2NO3S. The molecule has 8 heteroatoms. The first kappa shape index (κ1) is 16.2. The minimum atomic E-state index is -3.62. The number of hydrogen-bond donors (Lipinski definition) is 1. The number of rotatable bonds is 6. The monoisotopic (exact) mass is 375 g/mol. The predicted molar refractivity (Wildman–Crippen MR) is 76.2 cm³/mol. The van der Waals surface area contributed by atoms with Crippen molar-refractivity contribution in [1.82, 2.24) is 4.72 Å². The average molecular weight is 377 g/mol. The molecule has 0 saturated carbocycles. The molecule has 0 amide bonds. The number of halogens is 3. The van der Waals surface area contributed by atoms with E-state index in [-0.39, 0.29) is 26.3 Å². The van der Waals surface area contributed by atoms with Crippen LogP contribution in [0.1, 0.15) is 0 Å². The van der Waals surface area contributed by atoms with Crippen LogP contribution in [0.25, 0.3) is 0 Å². The molecular weight excluding hydrogens is 365 g/mol. The molecule has 0 bridgehead atoms. The van der Waals surface area contributed by atoms with E-state index in [1.165, 1.54) is 18.2 Å². The molecule has 0 aromatic heterocycles. The van der Waals surface area contributed by atoms with E-state index in [0.29, 0.717) is 6.61 Å². The lowest BCUT2D eigenvalue weighted by atomic mass is 10.4. The predicted octanol–water partition coefficient (Wildman–Crippen LogP) is 2.68. The fourth-order valence-electron chi connectivity index (χ4n) is 1.21. The summed E-state index contributed by atoms with van der Waals surface area (Å²) in [6, 6.07) is 4.16. The third-order valence-corrected chi connectivity index (χ3v) is 4.42. The molecule has 1 N–H and O–H groups in total. The van der Waals surface area contributed by atoms with Crippen LogP contribution in [-0.2, 0) is 14.8 Å². The van der Waals surface area contributed by atoms with Gasteiger partial charge in [-0.1, -0.05) is 39.1 Å². The summed E-state index contributed by atoms with van der Waals surface area (Å²) in [6.45, 7) is 0.610. The zero-order valence-electron chi connectivity index (χ0n) is 9.49. The van der Waals surface area contributed by atoms with Crippen molar-refractivity contribution in [2.45, 2.75) is 9.72 Å². The Morgan fingerprint density at radius 3 is 2.39 bits per heavy atom. The van der Waals surface area contributed by atoms with E-state index in [9.17, 15) is 8.42 Å². The van der Waals surface area contributed by atoms with E-state index in [0.717, 1.165) is 0 Å². The summed E-state index contributed by atoms with van der Waals surface area (Å²) in [6.07, 6.45) is 0. The Morgan fingerprint density at radius 1 is 1.33 bits per heavy atom. The minimum Gasteiger partial charge on any atom is -0.383 e. The third-order valence-electron chi connectivity index (χ3n) is 1.99. The molecule has 18 heavy (non-hydrogen) atoms. The second-order valence-electron chi connectivity index (χ2n) is 3.51. The van der Waals surface area contributed by atoms with E-state index in [4.69, 9.17) is 27.9 Å². The molecule has 0 spiro atoms. The second kappa shape index (κ2) is 7.07. The first-order valence-electron chi connectivity index (χ1n) is 4.94. The summed E-state index contributed by atoms with van der Waals surface area (Å²) in [7, 11) is -2.08. The summed E-state index contributed by atoms with van der Waals surface area (Å²) in [5.41, 5.74) is 0. The van der Waals surface area contributed by atoms with E-state index < -0.39 is 10.0 Å². The maximum Gasteiger partial charge on any atom is 0.240 e. The lowest BCUT2D eigenvalue weighted by Gasteiger charge is -2.11. The molecule has 1 rings (SSSR count). The Hall–Kier alpha value is 0.150. The first-order chi connectivity index (χ1) is 8.35. The largest absolute Gasteiger partial charge is 0.383 e. The molecule has 0 saturated heterocycles. The summed E-state index contributed by atoms with van der Waals surface area (Å²) >= 11 is 14.8. The molecule has 1 aromatic carbocycles. The van der Waals surface area contributed by atoms with Crippen LogP contribution in [0.5, 0.6) is 0 Å². The van der Waals surface area contributed by atoms with Gasteiger partial charge in [-0.2, -0.15) is 0 Å². The van der Waals surface area contributed by atoms with E-state index >= 15 is 0 Å². The van der Waals surface area contributed by atoms with Gasteiger partial charge in [0.1, 0.15) is 0 Å². The number of nitrogens with one attached hydrogen (secondary N) is 1. The van der Waals surface area contributed by atoms with Crippen molar-refractivity contribution in [2.75, 3.05) is 20.3 Å². The van der Waals surface area contributed by atoms with Gasteiger partial charge in [0.2, 0.25) is 10.0 Å². The fourth-order valence-corrected chi connectivity index (χ4v) is 3.65. The van der Waals surface area contributed by atoms with Gasteiger partial charge in [-0.3, -0.25) is 0 Å². The van der Waals surface area contributed by atoms with Crippen molar-refractivity contribution in [3.8, 4) is 0 Å². The Morgan fingerprint density at radius 2 is 1.89 bits per heavy atom. The number of benzene rings is 1. The highest BCUT2D eigenvalue weighted by Gasteiger charge is 2.17. The number of methoxy groups -OCH3 is 1. The van der Waals surface area contributed by atoms with Crippen molar-refractivity contribution in [1.29, 1.82) is 0 Å². The van der Waals surface area contributed by atoms with Crippen molar-refractivity contribution in [2.24, 2.45) is 0 Å². The van der Waals surface area contributed by atoms with E-state index in [1.807, 2.05) is 0 Å². The van der Waals surface area contributed by atoms with Crippen LogP contribution in [0.3, 0.4) is 0 Å². The van der Waals surface area contributed by atoms with Gasteiger partial charge >= 0.3 is 0 Å². The molecule has 0 aliphatic carbocycles. The van der Waals surface area contributed by atoms with Crippen molar-refractivity contribution in [3.05, 3.63) is 28.2 Å². The number of hydrogen-bond acceptors (Lipinski definition) is 3. The van der Waals surface area contributed by atoms with Crippen molar-refractivity contribution < 1.29 is 13.2 Å². The van der Waals surface area contributed by atoms with Crippen LogP contribution in [-0.4, -0.2) is 33.5 Å². The van der Waals surface area contributed by atoms with Crippen molar-refractivity contribution in [3.63, 3.8) is 0 Å². The van der Waals surface area contributed by atoms with Gasteiger partial charge < -0.3 is 4.74 Å². The summed E-state index contributed by atoms with van der Waals surface area (Å²) < 4.78 is 31.2. The Balaban J connectivity index is 2.80. The normalized spacial score (nSPS) is 13.6. The van der Waals surface area contributed by atoms with Gasteiger partial charge in [-0.05, 0) is 18.2 Å². The SMILES string of the molecule is COCC(Br)CNS(=O)(=O)c1cc(Cl)cc(Cl)c1. The van der Waals surface area contributed by atoms with Gasteiger partial charge in [0.25, 0.3) is 0 Å². The summed E-state index contributed by atoms with van der Waals surface area (Å²) in [4.78, 5) is -0.0657. The van der Waals surface area contributed by atoms with Crippen molar-refractivity contribution >= 4 is 49.2 Å². The highest BCUT2D eigenvalue weighted by Crippen LogP contribution is 2.22. The number of ether oxygens (including phenoxy) is 1. The number of alkyl halides is 1. The molecule has 4 nitrogen and oxygen atoms in total. The molecule has 1 unspecified atom stereocenters. The van der Waals surface area contributed by atoms with Gasteiger partial charge in [-0.15, -0.1) is 0 Å². The molecule has 0 fully saturated rings. The molecule has 102 valence electrons. The quantitative estimate of drug-likeness (QED) is 0.776. The highest BCUT2D eigenvalue weighted by molar-refractivity contribution is 9.09. The van der Waals surface area contributed by atoms with Crippen LogP contribution in [0, 0.1) is 0 Å². The van der Waals surface area contributed by atoms with Crippen LogP contribution in [0.15, 0.2) is 23.1 Å². The maximum atomic E-state index is 12.0. The first-order valence-corrected chi connectivity index (χ1v) is 8.09. The van der Waals surface area contributed by atoms with Crippen LogP contribution < -0.4 is 4.72 Å². The lowest BCUT2D eigenvalue weighted by molar-refractivity contribution is 0.201. The van der Waals surface area contributed by atoms with E-state index in [1.54, 1.807) is 7.11 Å². The Labute approximate surface area is 125 Å². The fraction of sp³-hybridized carbons (Fsp3) is 0.400. The molecule has 0 radical (unpaired) electrons. The molecule has 1 atom stereocenters. The van der Waals surface area contributed by atoms with Gasteiger partial charge in [-0.25, -0.2) is 13.1 Å². The summed E-state index contributed by atoms with van der Waals surface area (Å²) in [5.74, 6) is 0. The van der Waals surface area contributed by atoms with Crippen LogP contribution >= 0.6 is 39.1 Å². The van der Waals surface area contributed by atoms with Gasteiger partial charge in [0, 0.05) is 23.7 Å². The zero-order valence-corrected chi connectivity index (χ0v) is 13.4. The standard InChI is InChI=1S/C10H12BrCl2NO3S/c1-17-6-7(11)5-14-18(15,16)10-3-8(12)2-9(13)4-10/h2-4,7,14H,5-6H2,1H3. The Kier molecular flexibility index (Phi) is 6.37. The smallest absolute Gasteiger partial charge is 0.240 e. The summed E-state index contributed by atoms with van der Waals surface area (Å²) in [5, 5.41) is 0.547. The Bertz CT molecular complexity index is 490.